The predicted octanol–water partition coefficient (Wildman–Crippen LogP) is 5.94. The van der Waals surface area contributed by atoms with E-state index in [0.29, 0.717) is 28.8 Å². The van der Waals surface area contributed by atoms with Crippen LogP contribution in [0.15, 0.2) is 107 Å². The van der Waals surface area contributed by atoms with Crippen molar-refractivity contribution in [3.63, 3.8) is 0 Å². The largest absolute Gasteiger partial charge is 0.484 e. The summed E-state index contributed by atoms with van der Waals surface area (Å²) in [5.41, 5.74) is 3.62. The minimum absolute atomic E-state index is 0.0418. The summed E-state index contributed by atoms with van der Waals surface area (Å²) in [6.45, 7) is 1.91. The van der Waals surface area contributed by atoms with Crippen molar-refractivity contribution in [2.75, 3.05) is 12.4 Å². The van der Waals surface area contributed by atoms with E-state index in [1.165, 1.54) is 23.9 Å². The fourth-order valence-electron chi connectivity index (χ4n) is 4.82. The maximum atomic E-state index is 13.8. The summed E-state index contributed by atoms with van der Waals surface area (Å²) in [7, 11) is 0. The van der Waals surface area contributed by atoms with Gasteiger partial charge in [0.1, 0.15) is 11.6 Å². The summed E-state index contributed by atoms with van der Waals surface area (Å²) in [6, 6.07) is 26.8. The number of aromatic nitrogens is 3. The van der Waals surface area contributed by atoms with Gasteiger partial charge in [-0.15, -0.1) is 21.5 Å². The van der Waals surface area contributed by atoms with E-state index in [1.807, 2.05) is 66.9 Å². The van der Waals surface area contributed by atoms with E-state index in [1.54, 1.807) is 45.2 Å². The van der Waals surface area contributed by atoms with Gasteiger partial charge in [-0.05, 0) is 60.3 Å². The fraction of sp³-hybridized carbons (Fsp3) is 0.182. The van der Waals surface area contributed by atoms with Gasteiger partial charge in [0.05, 0.1) is 28.9 Å². The van der Waals surface area contributed by atoms with Crippen molar-refractivity contribution >= 4 is 40.6 Å². The lowest BCUT2D eigenvalue weighted by molar-refractivity contribution is -0.130. The van der Waals surface area contributed by atoms with Crippen LogP contribution in [0.2, 0.25) is 0 Å². The number of thioether (sulfide) groups is 1. The molecular formula is C33H29FN6O3S2. The maximum Gasteiger partial charge on any atom is 0.258 e. The molecule has 1 aliphatic heterocycles. The molecular weight excluding hydrogens is 612 g/mol. The molecule has 0 saturated carbocycles. The molecule has 0 aliphatic carbocycles. The number of halogens is 1. The Balaban J connectivity index is 1.18. The van der Waals surface area contributed by atoms with E-state index in [0.717, 1.165) is 21.7 Å². The second-order valence-electron chi connectivity index (χ2n) is 10.3. The first-order chi connectivity index (χ1) is 21.9. The molecule has 1 atom stereocenters. The number of nitrogens with one attached hydrogen (secondary N) is 1. The second kappa shape index (κ2) is 13.9. The number of rotatable bonds is 11. The van der Waals surface area contributed by atoms with E-state index in [4.69, 9.17) is 9.84 Å². The van der Waals surface area contributed by atoms with Crippen LogP contribution >= 0.6 is 23.1 Å². The van der Waals surface area contributed by atoms with Crippen molar-refractivity contribution in [3.05, 3.63) is 124 Å². The fourth-order valence-corrected chi connectivity index (χ4v) is 6.37. The Morgan fingerprint density at radius 1 is 1.00 bits per heavy atom. The third-order valence-corrected chi connectivity index (χ3v) is 8.93. The zero-order valence-corrected chi connectivity index (χ0v) is 25.9. The Morgan fingerprint density at radius 3 is 2.51 bits per heavy atom. The third kappa shape index (κ3) is 7.30. The smallest absolute Gasteiger partial charge is 0.258 e. The number of carbonyl (C=O) groups is 2. The van der Waals surface area contributed by atoms with Crippen molar-refractivity contribution in [2.45, 2.75) is 31.1 Å². The van der Waals surface area contributed by atoms with Crippen molar-refractivity contribution in [2.24, 2.45) is 5.10 Å². The quantitative estimate of drug-likeness (QED) is 0.179. The molecule has 2 amide bonds. The molecule has 3 aromatic carbocycles. The number of thiophene rings is 1. The van der Waals surface area contributed by atoms with Crippen molar-refractivity contribution in [1.82, 2.24) is 25.1 Å². The zero-order valence-electron chi connectivity index (χ0n) is 24.3. The number of benzene rings is 3. The molecule has 12 heteroatoms. The number of hydrazone groups is 1. The summed E-state index contributed by atoms with van der Waals surface area (Å²) in [5.74, 6) is 0.132. The van der Waals surface area contributed by atoms with Crippen LogP contribution in [0.25, 0.3) is 5.69 Å². The van der Waals surface area contributed by atoms with Gasteiger partial charge in [-0.25, -0.2) is 9.40 Å². The van der Waals surface area contributed by atoms with Crippen LogP contribution in [0.5, 0.6) is 5.75 Å². The average Bonchev–Trinajstić information content (AvgIpc) is 3.83. The Bertz CT molecular complexity index is 1790. The first kappa shape index (κ1) is 30.2. The topological polar surface area (TPSA) is 102 Å². The van der Waals surface area contributed by atoms with E-state index >= 15 is 0 Å². The standard InChI is InChI=1S/C33H29FN6O3S2/c1-22-9-11-23(12-10-22)28-18-27(29-8-5-17-44-29)38-40(28)32(42)21-45-33-37-36-30(39(33)25-15-13-24(34)14-16-25)19-35-31(41)20-43-26-6-3-2-4-7-26/h2-17,28H,18-21H2,1H3,(H,35,41)/t28-/m1/s1. The molecule has 1 N–H and O–H groups in total. The van der Waals surface area contributed by atoms with E-state index < -0.39 is 0 Å². The van der Waals surface area contributed by atoms with Crippen molar-refractivity contribution < 1.29 is 18.7 Å². The summed E-state index contributed by atoms with van der Waals surface area (Å²) in [5, 5.41) is 20.2. The summed E-state index contributed by atoms with van der Waals surface area (Å²) >= 11 is 2.80. The molecule has 0 radical (unpaired) electrons. The van der Waals surface area contributed by atoms with Gasteiger partial charge < -0.3 is 10.1 Å². The molecule has 2 aromatic heterocycles. The number of hydrogen-bond donors (Lipinski definition) is 1. The lowest BCUT2D eigenvalue weighted by atomic mass is 10.00. The molecule has 3 heterocycles. The number of amides is 2. The van der Waals surface area contributed by atoms with Crippen molar-refractivity contribution in [1.29, 1.82) is 0 Å². The highest BCUT2D eigenvalue weighted by Gasteiger charge is 2.33. The Kier molecular flexibility index (Phi) is 9.32. The van der Waals surface area contributed by atoms with Crippen LogP contribution < -0.4 is 10.1 Å². The number of aryl methyl sites for hydroxylation is 1. The van der Waals surface area contributed by atoms with Crippen LogP contribution in [0.1, 0.15) is 34.3 Å². The minimum atomic E-state index is -0.389. The van der Waals surface area contributed by atoms with Crippen LogP contribution in [0.3, 0.4) is 0 Å². The van der Waals surface area contributed by atoms with Gasteiger partial charge in [0, 0.05) is 12.1 Å². The van der Waals surface area contributed by atoms with Gasteiger partial charge >= 0.3 is 0 Å². The highest BCUT2D eigenvalue weighted by Crippen LogP contribution is 2.35. The lowest BCUT2D eigenvalue weighted by Gasteiger charge is -2.22. The predicted molar refractivity (Wildman–Crippen MR) is 172 cm³/mol. The molecule has 9 nitrogen and oxygen atoms in total. The molecule has 45 heavy (non-hydrogen) atoms. The first-order valence-electron chi connectivity index (χ1n) is 14.2. The van der Waals surface area contributed by atoms with Crippen LogP contribution in [-0.2, 0) is 16.1 Å². The molecule has 0 saturated heterocycles. The monoisotopic (exact) mass is 640 g/mol. The number of nitrogens with zero attached hydrogens (tertiary/aromatic N) is 5. The number of hydrogen-bond acceptors (Lipinski definition) is 8. The SMILES string of the molecule is Cc1ccc([C@H]2CC(c3cccs3)=NN2C(=O)CSc2nnc(CNC(=O)COc3ccccc3)n2-c2ccc(F)cc2)cc1. The van der Waals surface area contributed by atoms with Gasteiger partial charge in [0.25, 0.3) is 11.8 Å². The van der Waals surface area contributed by atoms with Crippen LogP contribution in [-0.4, -0.2) is 49.7 Å². The Labute approximate surface area is 267 Å². The van der Waals surface area contributed by atoms with Gasteiger partial charge in [-0.1, -0.05) is 65.9 Å². The number of ether oxygens (including phenoxy) is 1. The number of para-hydroxylation sites is 1. The highest BCUT2D eigenvalue weighted by atomic mass is 32.2. The highest BCUT2D eigenvalue weighted by molar-refractivity contribution is 7.99. The lowest BCUT2D eigenvalue weighted by Crippen LogP contribution is -2.29. The van der Waals surface area contributed by atoms with Crippen LogP contribution in [0.4, 0.5) is 4.39 Å². The molecule has 0 unspecified atom stereocenters. The minimum Gasteiger partial charge on any atom is -0.484 e. The molecule has 228 valence electrons. The summed E-state index contributed by atoms with van der Waals surface area (Å²) < 4.78 is 21.0. The third-order valence-electron chi connectivity index (χ3n) is 7.10. The zero-order chi connectivity index (χ0) is 31.2. The van der Waals surface area contributed by atoms with Gasteiger partial charge in [-0.3, -0.25) is 14.2 Å². The summed E-state index contributed by atoms with van der Waals surface area (Å²) in [6.07, 6.45) is 0.615. The average molecular weight is 641 g/mol. The van der Waals surface area contributed by atoms with Crippen LogP contribution in [0, 0.1) is 12.7 Å². The molecule has 1 aliphatic rings. The van der Waals surface area contributed by atoms with Gasteiger partial charge in [0.2, 0.25) is 0 Å². The summed E-state index contributed by atoms with van der Waals surface area (Å²) in [4.78, 5) is 27.3. The maximum absolute atomic E-state index is 13.8. The van der Waals surface area contributed by atoms with E-state index in [-0.39, 0.29) is 42.6 Å². The van der Waals surface area contributed by atoms with Gasteiger partial charge in [0.15, 0.2) is 17.6 Å². The van der Waals surface area contributed by atoms with Gasteiger partial charge in [-0.2, -0.15) is 5.10 Å². The first-order valence-corrected chi connectivity index (χ1v) is 16.1. The van der Waals surface area contributed by atoms with Crippen molar-refractivity contribution in [3.8, 4) is 11.4 Å². The van der Waals surface area contributed by atoms with E-state index in [9.17, 15) is 14.0 Å². The Hall–Kier alpha value is -4.81. The second-order valence-corrected chi connectivity index (χ2v) is 12.2. The molecule has 0 fully saturated rings. The Morgan fingerprint density at radius 2 is 1.78 bits per heavy atom. The molecule has 0 spiro atoms. The normalized spacial score (nSPS) is 14.3. The molecule has 5 aromatic rings. The molecule has 0 bridgehead atoms. The molecule has 6 rings (SSSR count). The van der Waals surface area contributed by atoms with E-state index in [2.05, 4.69) is 15.5 Å². The number of carbonyl (C=O) groups excluding carboxylic acids is 2.